The van der Waals surface area contributed by atoms with Crippen LogP contribution in [0.3, 0.4) is 0 Å². The lowest BCUT2D eigenvalue weighted by Gasteiger charge is -2.32. The molecule has 1 aliphatic heterocycles. The average Bonchev–Trinajstić information content (AvgIpc) is 2.65. The Balaban J connectivity index is 1.51. The number of urea groups is 1. The third kappa shape index (κ3) is 4.65. The first kappa shape index (κ1) is 18.5. The number of piperidine rings is 1. The van der Waals surface area contributed by atoms with Gasteiger partial charge in [0.25, 0.3) is 5.91 Å². The van der Waals surface area contributed by atoms with Crippen LogP contribution in [0.1, 0.15) is 23.3 Å². The molecule has 136 valence electrons. The number of amides is 3. The third-order valence-corrected chi connectivity index (χ3v) is 4.69. The molecular weight excluding hydrogens is 375 g/mol. The van der Waals surface area contributed by atoms with Gasteiger partial charge in [-0.05, 0) is 37.1 Å². The summed E-state index contributed by atoms with van der Waals surface area (Å²) in [6.45, 7) is 1.11. The van der Waals surface area contributed by atoms with Crippen molar-refractivity contribution in [2.24, 2.45) is 0 Å². The molecule has 3 amide bonds. The Bertz CT molecular complexity index is 793. The molecule has 1 fully saturated rings. The minimum Gasteiger partial charge on any atom is -0.348 e. The molecule has 1 saturated heterocycles. The monoisotopic (exact) mass is 392 g/mol. The highest BCUT2D eigenvalue weighted by atomic mass is 35.5. The van der Waals surface area contributed by atoms with E-state index < -0.39 is 0 Å². The van der Waals surface area contributed by atoms with Gasteiger partial charge in [-0.15, -0.1) is 0 Å². The number of hydrogen-bond acceptors (Lipinski definition) is 3. The number of benzene rings is 1. The van der Waals surface area contributed by atoms with Crippen molar-refractivity contribution in [2.75, 3.05) is 18.4 Å². The van der Waals surface area contributed by atoms with E-state index in [4.69, 9.17) is 23.2 Å². The second-order valence-corrected chi connectivity index (χ2v) is 6.79. The first-order valence-electron chi connectivity index (χ1n) is 8.27. The van der Waals surface area contributed by atoms with Gasteiger partial charge in [0.1, 0.15) is 10.8 Å². The van der Waals surface area contributed by atoms with Gasteiger partial charge < -0.3 is 15.5 Å². The van der Waals surface area contributed by atoms with Gasteiger partial charge in [0.15, 0.2) is 0 Å². The van der Waals surface area contributed by atoms with Crippen LogP contribution in [-0.2, 0) is 0 Å². The van der Waals surface area contributed by atoms with E-state index in [1.165, 1.54) is 6.07 Å². The van der Waals surface area contributed by atoms with Crippen LogP contribution in [0.15, 0.2) is 42.5 Å². The summed E-state index contributed by atoms with van der Waals surface area (Å²) in [5, 5.41) is 6.24. The lowest BCUT2D eigenvalue weighted by molar-refractivity contribution is 0.0914. The first-order valence-corrected chi connectivity index (χ1v) is 9.02. The van der Waals surface area contributed by atoms with Crippen molar-refractivity contribution in [3.63, 3.8) is 0 Å². The molecule has 2 aromatic rings. The van der Waals surface area contributed by atoms with Crippen LogP contribution >= 0.6 is 23.2 Å². The molecule has 0 saturated carbocycles. The van der Waals surface area contributed by atoms with Crippen LogP contribution in [0, 0.1) is 0 Å². The number of carbonyl (C=O) groups is 2. The number of anilines is 1. The van der Waals surface area contributed by atoms with Gasteiger partial charge in [-0.2, -0.15) is 0 Å². The van der Waals surface area contributed by atoms with Gasteiger partial charge in [0, 0.05) is 24.8 Å². The second kappa shape index (κ2) is 8.38. The Morgan fingerprint density at radius 1 is 1.04 bits per heavy atom. The lowest BCUT2D eigenvalue weighted by Crippen LogP contribution is -2.47. The van der Waals surface area contributed by atoms with E-state index in [0.29, 0.717) is 25.9 Å². The summed E-state index contributed by atoms with van der Waals surface area (Å²) in [6, 6.07) is 12.2. The van der Waals surface area contributed by atoms with Crippen molar-refractivity contribution in [3.8, 4) is 0 Å². The number of nitrogens with zero attached hydrogens (tertiary/aromatic N) is 2. The molecule has 0 unspecified atom stereocenters. The molecule has 0 atom stereocenters. The molecule has 8 heteroatoms. The largest absolute Gasteiger partial charge is 0.348 e. The topological polar surface area (TPSA) is 74.3 Å². The lowest BCUT2D eigenvalue weighted by atomic mass is 10.1. The molecule has 2 heterocycles. The van der Waals surface area contributed by atoms with E-state index >= 15 is 0 Å². The molecular formula is C18H18Cl2N4O2. The zero-order valence-corrected chi connectivity index (χ0v) is 15.4. The summed E-state index contributed by atoms with van der Waals surface area (Å²) < 4.78 is 0. The Hall–Kier alpha value is -2.31. The van der Waals surface area contributed by atoms with E-state index in [0.717, 1.165) is 5.69 Å². The molecule has 26 heavy (non-hydrogen) atoms. The fraction of sp³-hybridized carbons (Fsp3) is 0.278. The molecule has 0 radical (unpaired) electrons. The molecule has 3 rings (SSSR count). The molecule has 0 aliphatic carbocycles. The van der Waals surface area contributed by atoms with E-state index in [2.05, 4.69) is 15.6 Å². The quantitative estimate of drug-likeness (QED) is 0.779. The number of halogens is 2. The number of para-hydroxylation sites is 1. The van der Waals surface area contributed by atoms with Gasteiger partial charge in [-0.25, -0.2) is 9.78 Å². The molecule has 0 bridgehead atoms. The van der Waals surface area contributed by atoms with Gasteiger partial charge in [0.2, 0.25) is 0 Å². The van der Waals surface area contributed by atoms with Crippen molar-refractivity contribution >= 4 is 40.8 Å². The maximum absolute atomic E-state index is 12.3. The Morgan fingerprint density at radius 2 is 1.73 bits per heavy atom. The summed E-state index contributed by atoms with van der Waals surface area (Å²) >= 11 is 11.8. The molecule has 0 spiro atoms. The van der Waals surface area contributed by atoms with Crippen molar-refractivity contribution in [1.82, 2.24) is 15.2 Å². The Kier molecular flexibility index (Phi) is 5.96. The predicted octanol–water partition coefficient (Wildman–Crippen LogP) is 3.81. The number of hydrogen-bond donors (Lipinski definition) is 2. The van der Waals surface area contributed by atoms with Crippen molar-refractivity contribution in [2.45, 2.75) is 18.9 Å². The minimum absolute atomic E-state index is 0.0416. The number of carbonyl (C=O) groups excluding carboxylic acids is 2. The van der Waals surface area contributed by atoms with Crippen molar-refractivity contribution < 1.29 is 9.59 Å². The van der Waals surface area contributed by atoms with Gasteiger partial charge in [-0.1, -0.05) is 41.4 Å². The number of aromatic nitrogens is 1. The predicted molar refractivity (Wildman–Crippen MR) is 102 cm³/mol. The van der Waals surface area contributed by atoms with Gasteiger partial charge >= 0.3 is 6.03 Å². The van der Waals surface area contributed by atoms with Gasteiger partial charge in [0.05, 0.1) is 5.02 Å². The number of pyridine rings is 1. The summed E-state index contributed by atoms with van der Waals surface area (Å²) in [5.41, 5.74) is 0.873. The highest BCUT2D eigenvalue weighted by Gasteiger charge is 2.25. The maximum atomic E-state index is 12.3. The highest BCUT2D eigenvalue weighted by Crippen LogP contribution is 2.18. The van der Waals surface area contributed by atoms with Crippen LogP contribution in [0.4, 0.5) is 10.5 Å². The summed E-state index contributed by atoms with van der Waals surface area (Å²) in [5.74, 6) is -0.357. The van der Waals surface area contributed by atoms with Crippen LogP contribution in [0.2, 0.25) is 10.2 Å². The van der Waals surface area contributed by atoms with Crippen molar-refractivity contribution in [1.29, 1.82) is 0 Å². The van der Waals surface area contributed by atoms with Gasteiger partial charge in [-0.3, -0.25) is 4.79 Å². The smallest absolute Gasteiger partial charge is 0.321 e. The zero-order valence-electron chi connectivity index (χ0n) is 13.9. The summed E-state index contributed by atoms with van der Waals surface area (Å²) in [4.78, 5) is 30.3. The van der Waals surface area contributed by atoms with Crippen LogP contribution < -0.4 is 10.6 Å². The van der Waals surface area contributed by atoms with Crippen LogP contribution in [-0.4, -0.2) is 41.0 Å². The fourth-order valence-corrected chi connectivity index (χ4v) is 3.12. The molecule has 2 N–H and O–H groups in total. The van der Waals surface area contributed by atoms with E-state index in [-0.39, 0.29) is 33.8 Å². The summed E-state index contributed by atoms with van der Waals surface area (Å²) in [7, 11) is 0. The minimum atomic E-state index is -0.357. The first-order chi connectivity index (χ1) is 12.5. The zero-order chi connectivity index (χ0) is 18.5. The van der Waals surface area contributed by atoms with Crippen molar-refractivity contribution in [3.05, 3.63) is 58.3 Å². The standard InChI is InChI=1S/C18H18Cl2N4O2/c19-14-6-7-15(20)23-16(14)17(25)21-13-8-10-24(11-9-13)18(26)22-12-4-2-1-3-5-12/h1-7,13H,8-11H2,(H,21,25)(H,22,26). The molecule has 1 aromatic carbocycles. The average molecular weight is 393 g/mol. The molecule has 6 nitrogen and oxygen atoms in total. The highest BCUT2D eigenvalue weighted by molar-refractivity contribution is 6.34. The van der Waals surface area contributed by atoms with E-state index in [9.17, 15) is 9.59 Å². The number of nitrogens with one attached hydrogen (secondary N) is 2. The van der Waals surface area contributed by atoms with E-state index in [1.54, 1.807) is 11.0 Å². The Morgan fingerprint density at radius 3 is 2.42 bits per heavy atom. The molecule has 1 aromatic heterocycles. The van der Waals surface area contributed by atoms with E-state index in [1.807, 2.05) is 30.3 Å². The number of rotatable bonds is 3. The van der Waals surface area contributed by atoms with Crippen LogP contribution in [0.5, 0.6) is 0 Å². The molecule has 1 aliphatic rings. The summed E-state index contributed by atoms with van der Waals surface area (Å²) in [6.07, 6.45) is 1.32. The fourth-order valence-electron chi connectivity index (χ4n) is 2.78. The third-order valence-electron chi connectivity index (χ3n) is 4.17. The normalized spacial score (nSPS) is 14.8. The Labute approximate surface area is 161 Å². The SMILES string of the molecule is O=C(NC1CCN(C(=O)Nc2ccccc2)CC1)c1nc(Cl)ccc1Cl. The van der Waals surface area contributed by atoms with Crippen LogP contribution in [0.25, 0.3) is 0 Å². The maximum Gasteiger partial charge on any atom is 0.321 e. The number of likely N-dealkylation sites (tertiary alicyclic amines) is 1. The second-order valence-electron chi connectivity index (χ2n) is 6.00.